The number of likely N-dealkylation sites (N-methyl/N-ethyl adjacent to an activating group) is 1. The van der Waals surface area contributed by atoms with Crippen molar-refractivity contribution in [1.82, 2.24) is 15.3 Å². The molecule has 3 N–H and O–H groups in total. The van der Waals surface area contributed by atoms with Crippen molar-refractivity contribution in [2.45, 2.75) is 18.9 Å². The fourth-order valence-corrected chi connectivity index (χ4v) is 2.74. The number of aromatic nitrogens is 2. The molecule has 8 nitrogen and oxygen atoms in total. The second-order valence-corrected chi connectivity index (χ2v) is 4.83. The van der Waals surface area contributed by atoms with Gasteiger partial charge >= 0.3 is 11.1 Å². The lowest BCUT2D eigenvalue weighted by Gasteiger charge is -2.05. The van der Waals surface area contributed by atoms with Crippen LogP contribution in [0.3, 0.4) is 0 Å². The van der Waals surface area contributed by atoms with E-state index in [1.807, 2.05) is 0 Å². The Labute approximate surface area is 112 Å². The second-order valence-electron chi connectivity index (χ2n) is 4.83. The van der Waals surface area contributed by atoms with Gasteiger partial charge in [0.1, 0.15) is 0 Å². The first-order chi connectivity index (χ1) is 9.51. The van der Waals surface area contributed by atoms with Gasteiger partial charge in [-0.2, -0.15) is 0 Å². The van der Waals surface area contributed by atoms with E-state index in [-0.39, 0.29) is 17.2 Å². The van der Waals surface area contributed by atoms with Crippen LogP contribution >= 0.6 is 0 Å². The second kappa shape index (κ2) is 4.27. The predicted octanol–water partition coefficient (Wildman–Crippen LogP) is -0.189. The third-order valence-electron chi connectivity index (χ3n) is 3.72. The van der Waals surface area contributed by atoms with Crippen LogP contribution in [0.25, 0.3) is 11.0 Å². The Bertz CT molecular complexity index is 836. The largest absolute Gasteiger partial charge is 0.316 e. The van der Waals surface area contributed by atoms with Crippen LogP contribution in [0.1, 0.15) is 11.1 Å². The smallest absolute Gasteiger partial charge is 0.314 e. The van der Waals surface area contributed by atoms with Gasteiger partial charge < -0.3 is 15.3 Å². The molecule has 1 aromatic carbocycles. The average molecular weight is 276 g/mol. The van der Waals surface area contributed by atoms with Crippen molar-refractivity contribution >= 4 is 16.7 Å². The number of hydrogen-bond donors (Lipinski definition) is 3. The van der Waals surface area contributed by atoms with Crippen LogP contribution in [0, 0.1) is 10.1 Å². The van der Waals surface area contributed by atoms with Crippen LogP contribution in [0.4, 0.5) is 5.69 Å². The minimum absolute atomic E-state index is 0.0204. The molecular weight excluding hydrogens is 264 g/mol. The highest BCUT2D eigenvalue weighted by Gasteiger charge is 2.30. The SMILES string of the molecule is CNC1Cc2c([N+](=O)[O-])cc3[nH]c(=O)c(=O)[nH]c3c2C1. The van der Waals surface area contributed by atoms with E-state index in [1.54, 1.807) is 7.05 Å². The Morgan fingerprint density at radius 2 is 1.90 bits per heavy atom. The molecule has 3 rings (SSSR count). The molecule has 1 aliphatic rings. The van der Waals surface area contributed by atoms with Crippen molar-refractivity contribution in [3.05, 3.63) is 48.0 Å². The van der Waals surface area contributed by atoms with Gasteiger partial charge in [0.05, 0.1) is 16.0 Å². The Morgan fingerprint density at radius 1 is 1.25 bits per heavy atom. The summed E-state index contributed by atoms with van der Waals surface area (Å²) in [6.45, 7) is 0. The molecule has 20 heavy (non-hydrogen) atoms. The minimum Gasteiger partial charge on any atom is -0.316 e. The van der Waals surface area contributed by atoms with E-state index in [2.05, 4.69) is 15.3 Å². The van der Waals surface area contributed by atoms with E-state index in [9.17, 15) is 19.7 Å². The van der Waals surface area contributed by atoms with Crippen LogP contribution in [-0.2, 0) is 12.8 Å². The lowest BCUT2D eigenvalue weighted by molar-refractivity contribution is -0.385. The number of rotatable bonds is 2. The lowest BCUT2D eigenvalue weighted by Crippen LogP contribution is -2.29. The number of benzene rings is 1. The number of H-pyrrole nitrogens is 2. The van der Waals surface area contributed by atoms with E-state index in [1.165, 1.54) is 6.07 Å². The first kappa shape index (κ1) is 12.5. The average Bonchev–Trinajstić information content (AvgIpc) is 2.83. The molecule has 8 heteroatoms. The topological polar surface area (TPSA) is 121 Å². The highest BCUT2D eigenvalue weighted by Crippen LogP contribution is 2.34. The van der Waals surface area contributed by atoms with Gasteiger partial charge in [-0.25, -0.2) is 0 Å². The summed E-state index contributed by atoms with van der Waals surface area (Å²) in [5.41, 5.74) is 0.528. The Kier molecular flexibility index (Phi) is 2.68. The maximum atomic E-state index is 11.5. The van der Waals surface area contributed by atoms with Crippen molar-refractivity contribution in [2.75, 3.05) is 7.05 Å². The van der Waals surface area contributed by atoms with E-state index in [4.69, 9.17) is 0 Å². The third-order valence-corrected chi connectivity index (χ3v) is 3.72. The zero-order valence-corrected chi connectivity index (χ0v) is 10.6. The number of nitro groups is 1. The monoisotopic (exact) mass is 276 g/mol. The molecule has 0 aliphatic heterocycles. The maximum absolute atomic E-state index is 11.5. The molecule has 0 saturated heterocycles. The lowest BCUT2D eigenvalue weighted by atomic mass is 10.1. The van der Waals surface area contributed by atoms with E-state index in [0.717, 1.165) is 5.56 Å². The molecule has 0 bridgehead atoms. The summed E-state index contributed by atoms with van der Waals surface area (Å²) in [7, 11) is 1.79. The predicted molar refractivity (Wildman–Crippen MR) is 72.1 cm³/mol. The Morgan fingerprint density at radius 3 is 2.55 bits per heavy atom. The molecule has 0 fully saturated rings. The number of nitrogens with zero attached hydrogens (tertiary/aromatic N) is 1. The molecule has 0 saturated carbocycles. The first-order valence-electron chi connectivity index (χ1n) is 6.14. The number of nitro benzene ring substituents is 1. The van der Waals surface area contributed by atoms with E-state index < -0.39 is 16.0 Å². The summed E-state index contributed by atoms with van der Waals surface area (Å²) in [4.78, 5) is 38.4. The van der Waals surface area contributed by atoms with Gasteiger partial charge in [-0.3, -0.25) is 19.7 Å². The van der Waals surface area contributed by atoms with Gasteiger partial charge in [0, 0.05) is 17.7 Å². The summed E-state index contributed by atoms with van der Waals surface area (Å²) >= 11 is 0. The number of nitrogens with one attached hydrogen (secondary N) is 3. The molecule has 104 valence electrons. The summed E-state index contributed by atoms with van der Waals surface area (Å²) in [6.07, 6.45) is 1.10. The molecule has 1 unspecified atom stereocenters. The molecule has 1 aromatic heterocycles. The molecule has 0 amide bonds. The van der Waals surface area contributed by atoms with Crippen LogP contribution in [-0.4, -0.2) is 28.0 Å². The maximum Gasteiger partial charge on any atom is 0.314 e. The fourth-order valence-electron chi connectivity index (χ4n) is 2.74. The van der Waals surface area contributed by atoms with Gasteiger partial charge in [0.15, 0.2) is 0 Å². The summed E-state index contributed by atoms with van der Waals surface area (Å²) in [5, 5.41) is 14.3. The van der Waals surface area contributed by atoms with Crippen LogP contribution in [0.15, 0.2) is 15.7 Å². The third kappa shape index (κ3) is 1.73. The zero-order valence-electron chi connectivity index (χ0n) is 10.6. The van der Waals surface area contributed by atoms with Crippen molar-refractivity contribution in [3.8, 4) is 0 Å². The van der Waals surface area contributed by atoms with Gasteiger partial charge in [-0.15, -0.1) is 0 Å². The van der Waals surface area contributed by atoms with E-state index >= 15 is 0 Å². The molecule has 1 aliphatic carbocycles. The van der Waals surface area contributed by atoms with Crippen molar-refractivity contribution in [1.29, 1.82) is 0 Å². The molecule has 0 radical (unpaired) electrons. The molecular formula is C12H12N4O4. The van der Waals surface area contributed by atoms with Gasteiger partial charge in [0.2, 0.25) is 0 Å². The molecule has 1 atom stereocenters. The fraction of sp³-hybridized carbons (Fsp3) is 0.333. The highest BCUT2D eigenvalue weighted by molar-refractivity contribution is 5.83. The number of hydrogen-bond acceptors (Lipinski definition) is 5. The van der Waals surface area contributed by atoms with E-state index in [0.29, 0.717) is 23.9 Å². The van der Waals surface area contributed by atoms with Crippen LogP contribution in [0.5, 0.6) is 0 Å². The molecule has 0 spiro atoms. The molecule has 2 aromatic rings. The van der Waals surface area contributed by atoms with Crippen molar-refractivity contribution < 1.29 is 4.92 Å². The van der Waals surface area contributed by atoms with Crippen LogP contribution < -0.4 is 16.4 Å². The number of fused-ring (bicyclic) bond motifs is 3. The van der Waals surface area contributed by atoms with Gasteiger partial charge in [0.25, 0.3) is 5.69 Å². The summed E-state index contributed by atoms with van der Waals surface area (Å²) < 4.78 is 0. The van der Waals surface area contributed by atoms with Gasteiger partial charge in [-0.05, 0) is 25.5 Å². The quantitative estimate of drug-likeness (QED) is 0.399. The Hall–Kier alpha value is -2.48. The summed E-state index contributed by atoms with van der Waals surface area (Å²) in [5.74, 6) is 0. The van der Waals surface area contributed by atoms with Crippen molar-refractivity contribution in [2.24, 2.45) is 0 Å². The molecule has 1 heterocycles. The standard InChI is InChI=1S/C12H12N4O4/c1-13-5-2-6-7(3-5)10-8(4-9(6)16(19)20)14-11(17)12(18)15-10/h4-5,13H,2-3H2,1H3,(H,14,17)(H,15,18). The Balaban J connectivity index is 2.39. The number of aromatic amines is 2. The summed E-state index contributed by atoms with van der Waals surface area (Å²) in [6, 6.07) is 1.40. The minimum atomic E-state index is -0.810. The normalized spacial score (nSPS) is 17.4. The van der Waals surface area contributed by atoms with Crippen LogP contribution in [0.2, 0.25) is 0 Å². The van der Waals surface area contributed by atoms with Gasteiger partial charge in [-0.1, -0.05) is 0 Å². The first-order valence-corrected chi connectivity index (χ1v) is 6.14. The van der Waals surface area contributed by atoms with Crippen molar-refractivity contribution in [3.63, 3.8) is 0 Å². The zero-order chi connectivity index (χ0) is 14.4. The highest BCUT2D eigenvalue weighted by atomic mass is 16.6.